The van der Waals surface area contributed by atoms with Crippen LogP contribution in [0.25, 0.3) is 6.08 Å². The fourth-order valence-corrected chi connectivity index (χ4v) is 3.44. The Morgan fingerprint density at radius 1 is 1.00 bits per heavy atom. The number of hydrogen-bond acceptors (Lipinski definition) is 3. The van der Waals surface area contributed by atoms with E-state index < -0.39 is 0 Å². The third-order valence-electron chi connectivity index (χ3n) is 4.64. The number of carbonyl (C=O) groups excluding carboxylic acids is 1. The largest absolute Gasteiger partial charge is 0.497 e. The Kier molecular flexibility index (Phi) is 5.32. The molecule has 3 aromatic rings. The van der Waals surface area contributed by atoms with Crippen LogP contribution >= 0.6 is 15.9 Å². The van der Waals surface area contributed by atoms with Crippen LogP contribution in [0.2, 0.25) is 0 Å². The zero-order valence-corrected chi connectivity index (χ0v) is 17.7. The second-order valence-corrected chi connectivity index (χ2v) is 7.64. The van der Waals surface area contributed by atoms with Crippen molar-refractivity contribution in [2.75, 3.05) is 12.0 Å². The minimum Gasteiger partial charge on any atom is -0.497 e. The molecule has 0 unspecified atom stereocenters. The predicted molar refractivity (Wildman–Crippen MR) is 120 cm³/mol. The summed E-state index contributed by atoms with van der Waals surface area (Å²) in [5.41, 5.74) is 4.04. The van der Waals surface area contributed by atoms with Crippen molar-refractivity contribution in [3.63, 3.8) is 0 Å². The molecule has 1 aliphatic rings. The zero-order valence-electron chi connectivity index (χ0n) is 16.1. The maximum absolute atomic E-state index is 13.3. The summed E-state index contributed by atoms with van der Waals surface area (Å²) in [6.07, 6.45) is 1.80. The number of ether oxygens (including phenoxy) is 1. The topological polar surface area (TPSA) is 41.9 Å². The van der Waals surface area contributed by atoms with Gasteiger partial charge in [-0.1, -0.05) is 52.3 Å². The van der Waals surface area contributed by atoms with Crippen molar-refractivity contribution >= 4 is 39.4 Å². The van der Waals surface area contributed by atoms with Crippen molar-refractivity contribution < 1.29 is 9.53 Å². The minimum absolute atomic E-state index is 0.149. The van der Waals surface area contributed by atoms with Crippen molar-refractivity contribution in [2.24, 2.45) is 4.99 Å². The van der Waals surface area contributed by atoms with Gasteiger partial charge < -0.3 is 4.74 Å². The Hall–Kier alpha value is -3.18. The quantitative estimate of drug-likeness (QED) is 0.489. The van der Waals surface area contributed by atoms with Crippen molar-refractivity contribution in [1.82, 2.24) is 0 Å². The van der Waals surface area contributed by atoms with Gasteiger partial charge in [0.15, 0.2) is 0 Å². The van der Waals surface area contributed by atoms with Gasteiger partial charge in [-0.05, 0) is 60.5 Å². The van der Waals surface area contributed by atoms with Crippen molar-refractivity contribution in [1.29, 1.82) is 0 Å². The summed E-state index contributed by atoms with van der Waals surface area (Å²) in [6, 6.07) is 23.2. The number of methoxy groups -OCH3 is 1. The van der Waals surface area contributed by atoms with Gasteiger partial charge in [-0.15, -0.1) is 0 Å². The van der Waals surface area contributed by atoms with Crippen LogP contribution in [-0.2, 0) is 4.79 Å². The standard InChI is InChI=1S/C24H19BrN2O2/c1-16-4-3-5-20(14-16)27-23(18-8-10-19(25)11-9-18)26-22(24(27)28)15-17-6-12-21(29-2)13-7-17/h3-15H,1-2H3/b22-15+. The predicted octanol–water partition coefficient (Wildman–Crippen LogP) is 5.60. The van der Waals surface area contributed by atoms with Crippen LogP contribution in [0, 0.1) is 6.92 Å². The van der Waals surface area contributed by atoms with Crippen LogP contribution in [0.5, 0.6) is 5.75 Å². The Morgan fingerprint density at radius 3 is 2.38 bits per heavy atom. The summed E-state index contributed by atoms with van der Waals surface area (Å²) >= 11 is 3.46. The third-order valence-corrected chi connectivity index (χ3v) is 5.17. The van der Waals surface area contributed by atoms with E-state index in [9.17, 15) is 4.79 Å². The van der Waals surface area contributed by atoms with Crippen LogP contribution in [0.1, 0.15) is 16.7 Å². The summed E-state index contributed by atoms with van der Waals surface area (Å²) in [4.78, 5) is 19.7. The smallest absolute Gasteiger partial charge is 0.282 e. The molecule has 3 aromatic carbocycles. The number of nitrogens with zero attached hydrogens (tertiary/aromatic N) is 2. The summed E-state index contributed by atoms with van der Waals surface area (Å²) < 4.78 is 6.18. The number of amides is 1. The van der Waals surface area contributed by atoms with Crippen molar-refractivity contribution in [2.45, 2.75) is 6.92 Å². The number of amidine groups is 1. The number of rotatable bonds is 4. The van der Waals surface area contributed by atoms with E-state index in [4.69, 9.17) is 9.73 Å². The van der Waals surface area contributed by atoms with Gasteiger partial charge in [-0.3, -0.25) is 9.69 Å². The van der Waals surface area contributed by atoms with E-state index >= 15 is 0 Å². The molecule has 0 atom stereocenters. The first-order chi connectivity index (χ1) is 14.0. The van der Waals surface area contributed by atoms with Crippen molar-refractivity contribution in [3.8, 4) is 5.75 Å². The zero-order chi connectivity index (χ0) is 20.4. The summed E-state index contributed by atoms with van der Waals surface area (Å²) in [7, 11) is 1.63. The lowest BCUT2D eigenvalue weighted by Gasteiger charge is -2.19. The number of hydrogen-bond donors (Lipinski definition) is 0. The molecule has 144 valence electrons. The third kappa shape index (κ3) is 4.00. The lowest BCUT2D eigenvalue weighted by Crippen LogP contribution is -2.32. The van der Waals surface area contributed by atoms with Crippen LogP contribution in [0.4, 0.5) is 5.69 Å². The molecule has 0 bridgehead atoms. The van der Waals surface area contributed by atoms with Crippen LogP contribution in [0.3, 0.4) is 0 Å². The maximum atomic E-state index is 13.3. The molecule has 0 radical (unpaired) electrons. The molecule has 0 aromatic heterocycles. The highest BCUT2D eigenvalue weighted by molar-refractivity contribution is 9.10. The molecule has 0 aliphatic carbocycles. The van der Waals surface area contributed by atoms with Gasteiger partial charge in [0, 0.05) is 10.0 Å². The fraction of sp³-hybridized carbons (Fsp3) is 0.0833. The van der Waals surface area contributed by atoms with E-state index in [0.717, 1.165) is 32.6 Å². The number of benzene rings is 3. The Balaban J connectivity index is 1.80. The van der Waals surface area contributed by atoms with Crippen LogP contribution < -0.4 is 9.64 Å². The fourth-order valence-electron chi connectivity index (χ4n) is 3.17. The molecule has 29 heavy (non-hydrogen) atoms. The van der Waals surface area contributed by atoms with Gasteiger partial charge in [-0.2, -0.15) is 0 Å². The van der Waals surface area contributed by atoms with E-state index in [2.05, 4.69) is 15.9 Å². The molecule has 0 saturated heterocycles. The van der Waals surface area contributed by atoms with Crippen LogP contribution in [0.15, 0.2) is 88.0 Å². The summed E-state index contributed by atoms with van der Waals surface area (Å²) in [5, 5.41) is 0. The molecule has 0 fully saturated rings. The van der Waals surface area contributed by atoms with E-state index in [-0.39, 0.29) is 5.91 Å². The second kappa shape index (κ2) is 8.05. The lowest BCUT2D eigenvalue weighted by molar-refractivity contribution is -0.113. The number of halogens is 1. The number of anilines is 1. The SMILES string of the molecule is COc1ccc(/C=C2/N=C(c3ccc(Br)cc3)N(c3cccc(C)c3)C2=O)cc1. The number of carbonyl (C=O) groups is 1. The second-order valence-electron chi connectivity index (χ2n) is 6.72. The molecule has 0 N–H and O–H groups in total. The number of aliphatic imine (C=N–C) groups is 1. The molecule has 5 heteroatoms. The van der Waals surface area contributed by atoms with Gasteiger partial charge in [0.2, 0.25) is 0 Å². The minimum atomic E-state index is -0.149. The highest BCUT2D eigenvalue weighted by atomic mass is 79.9. The van der Waals surface area contributed by atoms with E-state index in [1.54, 1.807) is 18.1 Å². The van der Waals surface area contributed by atoms with E-state index in [1.807, 2.05) is 79.7 Å². The average Bonchev–Trinajstić information content (AvgIpc) is 3.05. The maximum Gasteiger partial charge on any atom is 0.282 e. The average molecular weight is 447 g/mol. The first-order valence-corrected chi connectivity index (χ1v) is 9.96. The Labute approximate surface area is 178 Å². The monoisotopic (exact) mass is 446 g/mol. The lowest BCUT2D eigenvalue weighted by atomic mass is 10.1. The van der Waals surface area contributed by atoms with Crippen molar-refractivity contribution in [3.05, 3.63) is 99.7 Å². The summed E-state index contributed by atoms with van der Waals surface area (Å²) in [5.74, 6) is 1.24. The van der Waals surface area contributed by atoms with E-state index in [0.29, 0.717) is 11.5 Å². The normalized spacial score (nSPS) is 15.0. The molecule has 4 rings (SSSR count). The summed E-state index contributed by atoms with van der Waals surface area (Å²) in [6.45, 7) is 2.01. The molecule has 1 aliphatic heterocycles. The van der Waals surface area contributed by atoms with Crippen LogP contribution in [-0.4, -0.2) is 18.9 Å². The molecule has 4 nitrogen and oxygen atoms in total. The Bertz CT molecular complexity index is 1120. The number of aryl methyl sites for hydroxylation is 1. The van der Waals surface area contributed by atoms with E-state index in [1.165, 1.54) is 0 Å². The van der Waals surface area contributed by atoms with Gasteiger partial charge in [0.25, 0.3) is 5.91 Å². The highest BCUT2D eigenvalue weighted by Gasteiger charge is 2.32. The molecule has 1 amide bonds. The highest BCUT2D eigenvalue weighted by Crippen LogP contribution is 2.29. The Morgan fingerprint density at radius 2 is 1.72 bits per heavy atom. The molecule has 0 spiro atoms. The molecular formula is C24H19BrN2O2. The van der Waals surface area contributed by atoms with Gasteiger partial charge in [-0.25, -0.2) is 4.99 Å². The first kappa shape index (κ1) is 19.2. The molecular weight excluding hydrogens is 428 g/mol. The molecule has 1 heterocycles. The first-order valence-electron chi connectivity index (χ1n) is 9.16. The van der Waals surface area contributed by atoms with Gasteiger partial charge in [0.1, 0.15) is 17.3 Å². The van der Waals surface area contributed by atoms with Gasteiger partial charge >= 0.3 is 0 Å². The van der Waals surface area contributed by atoms with Gasteiger partial charge in [0.05, 0.1) is 12.8 Å². The molecule has 0 saturated carbocycles.